The maximum atomic E-state index is 13.8. The summed E-state index contributed by atoms with van der Waals surface area (Å²) in [5.41, 5.74) is 2.13. The number of carbonyl (C=O) groups excluding carboxylic acids is 2. The molecule has 0 heterocycles. The molecule has 0 aliphatic rings. The van der Waals surface area contributed by atoms with Crippen LogP contribution < -0.4 is 9.62 Å². The Morgan fingerprint density at radius 2 is 1.57 bits per heavy atom. The number of carbonyl (C=O) groups is 2. The van der Waals surface area contributed by atoms with E-state index in [0.29, 0.717) is 5.69 Å². The van der Waals surface area contributed by atoms with Crippen molar-refractivity contribution in [3.05, 3.63) is 88.4 Å². The maximum absolute atomic E-state index is 13.8. The van der Waals surface area contributed by atoms with Crippen molar-refractivity contribution >= 4 is 55.2 Å². The van der Waals surface area contributed by atoms with Crippen molar-refractivity contribution in [1.29, 1.82) is 0 Å². The van der Waals surface area contributed by atoms with Crippen molar-refractivity contribution in [2.75, 3.05) is 24.2 Å². The highest BCUT2D eigenvalue weighted by atomic mass is 79.9. The molecule has 196 valence electrons. The van der Waals surface area contributed by atoms with Crippen molar-refractivity contribution in [3.63, 3.8) is 0 Å². The predicted molar refractivity (Wildman–Crippen MR) is 152 cm³/mol. The third-order valence-electron chi connectivity index (χ3n) is 5.93. The average molecular weight is 605 g/mol. The van der Waals surface area contributed by atoms with Gasteiger partial charge in [0.05, 0.1) is 10.6 Å². The van der Waals surface area contributed by atoms with Crippen molar-refractivity contribution in [2.45, 2.75) is 36.2 Å². The van der Waals surface area contributed by atoms with Gasteiger partial charge in [-0.2, -0.15) is 0 Å². The van der Waals surface area contributed by atoms with Gasteiger partial charge in [0, 0.05) is 23.0 Å². The largest absolute Gasteiger partial charge is 0.357 e. The first-order valence-corrected chi connectivity index (χ1v) is 15.0. The molecule has 1 atom stereocenters. The standard InChI is InChI=1S/C27H30BrN3O4S2/c1-19-5-11-23(12-6-19)31(37(34,35)25-15-13-24(36-4)14-16-25)18-26(32)30(20(2)27(33)29-3)17-21-7-9-22(28)10-8-21/h5-16,20H,17-18H2,1-4H3,(H,29,33)/t20-/m0/s1. The fraction of sp³-hybridized carbons (Fsp3) is 0.259. The number of amides is 2. The van der Waals surface area contributed by atoms with E-state index < -0.39 is 28.5 Å². The Morgan fingerprint density at radius 1 is 0.973 bits per heavy atom. The number of likely N-dealkylation sites (N-methyl/N-ethyl adjacent to an activating group) is 1. The molecule has 2 amide bonds. The maximum Gasteiger partial charge on any atom is 0.264 e. The first-order chi connectivity index (χ1) is 17.6. The highest BCUT2D eigenvalue weighted by molar-refractivity contribution is 9.10. The number of benzene rings is 3. The molecule has 0 aliphatic heterocycles. The van der Waals surface area contributed by atoms with E-state index in [2.05, 4.69) is 21.2 Å². The van der Waals surface area contributed by atoms with E-state index in [1.54, 1.807) is 55.5 Å². The summed E-state index contributed by atoms with van der Waals surface area (Å²) in [6.07, 6.45) is 1.91. The topological polar surface area (TPSA) is 86.8 Å². The minimum Gasteiger partial charge on any atom is -0.357 e. The molecule has 0 bridgehead atoms. The number of anilines is 1. The molecule has 0 saturated carbocycles. The molecular weight excluding hydrogens is 574 g/mol. The molecule has 0 spiro atoms. The van der Waals surface area contributed by atoms with Gasteiger partial charge in [0.2, 0.25) is 11.8 Å². The van der Waals surface area contributed by atoms with Crippen LogP contribution in [0.3, 0.4) is 0 Å². The second-order valence-corrected chi connectivity index (χ2v) is 12.1. The van der Waals surface area contributed by atoms with Gasteiger partial charge >= 0.3 is 0 Å². The Kier molecular flexibility index (Phi) is 9.80. The summed E-state index contributed by atoms with van der Waals surface area (Å²) in [6.45, 7) is 3.21. The van der Waals surface area contributed by atoms with Crippen LogP contribution in [0.5, 0.6) is 0 Å². The summed E-state index contributed by atoms with van der Waals surface area (Å²) >= 11 is 4.91. The molecule has 3 aromatic rings. The number of hydrogen-bond donors (Lipinski definition) is 1. The third-order valence-corrected chi connectivity index (χ3v) is 8.99. The van der Waals surface area contributed by atoms with Crippen LogP contribution >= 0.6 is 27.7 Å². The summed E-state index contributed by atoms with van der Waals surface area (Å²) < 4.78 is 29.6. The molecule has 0 aliphatic carbocycles. The minimum atomic E-state index is -4.08. The fourth-order valence-corrected chi connectivity index (χ4v) is 5.78. The van der Waals surface area contributed by atoms with Crippen molar-refractivity contribution < 1.29 is 18.0 Å². The zero-order chi connectivity index (χ0) is 27.2. The number of hydrogen-bond acceptors (Lipinski definition) is 5. The molecule has 0 aromatic heterocycles. The average Bonchev–Trinajstić information content (AvgIpc) is 2.91. The van der Waals surface area contributed by atoms with Crippen LogP contribution in [0.2, 0.25) is 0 Å². The molecule has 3 rings (SSSR count). The number of thioether (sulfide) groups is 1. The van der Waals surface area contributed by atoms with Crippen molar-refractivity contribution in [2.24, 2.45) is 0 Å². The van der Waals surface area contributed by atoms with Crippen molar-refractivity contribution in [1.82, 2.24) is 10.2 Å². The van der Waals surface area contributed by atoms with E-state index in [9.17, 15) is 18.0 Å². The Hall–Kier alpha value is -2.82. The minimum absolute atomic E-state index is 0.0810. The third kappa shape index (κ3) is 7.15. The molecule has 0 saturated heterocycles. The summed E-state index contributed by atoms with van der Waals surface area (Å²) in [5.74, 6) is -0.841. The number of nitrogens with zero attached hydrogens (tertiary/aromatic N) is 2. The van der Waals surface area contributed by atoms with Gasteiger partial charge in [0.25, 0.3) is 10.0 Å². The van der Waals surface area contributed by atoms with Crippen molar-refractivity contribution in [3.8, 4) is 0 Å². The number of sulfonamides is 1. The van der Waals surface area contributed by atoms with E-state index >= 15 is 0 Å². The van der Waals surface area contributed by atoms with Crippen LogP contribution in [-0.4, -0.2) is 51.0 Å². The summed E-state index contributed by atoms with van der Waals surface area (Å²) in [7, 11) is -2.58. The van der Waals surface area contributed by atoms with E-state index in [4.69, 9.17) is 0 Å². The van der Waals surface area contributed by atoms with Gasteiger partial charge in [-0.05, 0) is 74.2 Å². The van der Waals surface area contributed by atoms with E-state index in [1.807, 2.05) is 37.4 Å². The van der Waals surface area contributed by atoms with Crippen LogP contribution in [0.4, 0.5) is 5.69 Å². The zero-order valence-corrected chi connectivity index (χ0v) is 24.4. The normalized spacial score (nSPS) is 12.0. The molecular formula is C27H30BrN3O4S2. The summed E-state index contributed by atoms with van der Waals surface area (Å²) in [4.78, 5) is 28.7. The molecule has 0 unspecified atom stereocenters. The fourth-order valence-electron chi connectivity index (χ4n) is 3.69. The van der Waals surface area contributed by atoms with Gasteiger partial charge in [0.15, 0.2) is 0 Å². The lowest BCUT2D eigenvalue weighted by Gasteiger charge is -2.31. The van der Waals surface area contributed by atoms with E-state index in [1.165, 1.54) is 23.7 Å². The van der Waals surface area contributed by atoms with Gasteiger partial charge in [0.1, 0.15) is 12.6 Å². The molecule has 7 nitrogen and oxygen atoms in total. The number of nitrogens with one attached hydrogen (secondary N) is 1. The lowest BCUT2D eigenvalue weighted by molar-refractivity contribution is -0.139. The van der Waals surface area contributed by atoms with Gasteiger partial charge < -0.3 is 10.2 Å². The van der Waals surface area contributed by atoms with Gasteiger partial charge in [-0.1, -0.05) is 45.8 Å². The number of aryl methyl sites for hydroxylation is 1. The van der Waals surface area contributed by atoms with Crippen LogP contribution in [0.1, 0.15) is 18.1 Å². The first kappa shape index (κ1) is 28.7. The number of rotatable bonds is 10. The molecule has 1 N–H and O–H groups in total. The second-order valence-electron chi connectivity index (χ2n) is 8.46. The first-order valence-electron chi connectivity index (χ1n) is 11.6. The van der Waals surface area contributed by atoms with Gasteiger partial charge in [-0.3, -0.25) is 13.9 Å². The number of halogens is 1. The zero-order valence-electron chi connectivity index (χ0n) is 21.1. The van der Waals surface area contributed by atoms with Gasteiger partial charge in [-0.15, -0.1) is 11.8 Å². The predicted octanol–water partition coefficient (Wildman–Crippen LogP) is 4.84. The quantitative estimate of drug-likeness (QED) is 0.335. The van der Waals surface area contributed by atoms with Crippen LogP contribution in [0.25, 0.3) is 0 Å². The van der Waals surface area contributed by atoms with Crippen LogP contribution in [0.15, 0.2) is 87.1 Å². The Balaban J connectivity index is 2.01. The van der Waals surface area contributed by atoms with Crippen LogP contribution in [-0.2, 0) is 26.2 Å². The highest BCUT2D eigenvalue weighted by Crippen LogP contribution is 2.26. The molecule has 0 radical (unpaired) electrons. The van der Waals surface area contributed by atoms with E-state index in [-0.39, 0.29) is 17.3 Å². The second kappa shape index (κ2) is 12.6. The monoisotopic (exact) mass is 603 g/mol. The van der Waals surface area contributed by atoms with Crippen LogP contribution in [0, 0.1) is 6.92 Å². The molecule has 37 heavy (non-hydrogen) atoms. The molecule has 0 fully saturated rings. The van der Waals surface area contributed by atoms with E-state index in [0.717, 1.165) is 24.8 Å². The highest BCUT2D eigenvalue weighted by Gasteiger charge is 2.32. The Labute approximate surface area is 231 Å². The Morgan fingerprint density at radius 3 is 2.11 bits per heavy atom. The molecule has 3 aromatic carbocycles. The Bertz CT molecular complexity index is 1330. The lowest BCUT2D eigenvalue weighted by atomic mass is 10.1. The summed E-state index contributed by atoms with van der Waals surface area (Å²) in [6, 6.07) is 20.1. The summed E-state index contributed by atoms with van der Waals surface area (Å²) in [5, 5.41) is 2.58. The lowest BCUT2D eigenvalue weighted by Crippen LogP contribution is -2.50. The van der Waals surface area contributed by atoms with Gasteiger partial charge in [-0.25, -0.2) is 8.42 Å². The molecule has 10 heteroatoms. The smallest absolute Gasteiger partial charge is 0.264 e. The SMILES string of the molecule is CNC(=O)[C@H](C)N(Cc1ccc(Br)cc1)C(=O)CN(c1ccc(C)cc1)S(=O)(=O)c1ccc(SC)cc1.